The number of phenols is 2. The van der Waals surface area contributed by atoms with Crippen LogP contribution in [0.5, 0.6) is 11.5 Å². The van der Waals surface area contributed by atoms with E-state index < -0.39 is 0 Å². The highest BCUT2D eigenvalue weighted by molar-refractivity contribution is 5.85. The monoisotopic (exact) mass is 350 g/mol. The highest BCUT2D eigenvalue weighted by atomic mass is 16.3. The molecule has 0 saturated heterocycles. The van der Waals surface area contributed by atoms with Gasteiger partial charge < -0.3 is 10.2 Å². The molecule has 0 aromatic heterocycles. The Labute approximate surface area is 155 Å². The van der Waals surface area contributed by atoms with Crippen LogP contribution in [0.15, 0.2) is 46.4 Å². The van der Waals surface area contributed by atoms with E-state index in [-0.39, 0.29) is 0 Å². The number of phenolic OH excluding ortho intramolecular Hbond substituents is 2. The maximum absolute atomic E-state index is 10.4. The lowest BCUT2D eigenvalue weighted by Crippen LogP contribution is -1.95. The van der Waals surface area contributed by atoms with Gasteiger partial charge in [0.25, 0.3) is 0 Å². The van der Waals surface area contributed by atoms with Gasteiger partial charge in [-0.2, -0.15) is 0 Å². The van der Waals surface area contributed by atoms with Gasteiger partial charge in [0.15, 0.2) is 0 Å². The Hall–Kier alpha value is -2.62. The number of aliphatic imine (C=N–C) groups is 2. The molecular formula is C22H26N2O2. The summed E-state index contributed by atoms with van der Waals surface area (Å²) in [4.78, 5) is 8.72. The Balaban J connectivity index is 1.77. The quantitative estimate of drug-likeness (QED) is 0.744. The van der Waals surface area contributed by atoms with Crippen molar-refractivity contribution in [1.82, 2.24) is 0 Å². The molecule has 4 nitrogen and oxygen atoms in total. The van der Waals surface area contributed by atoms with Crippen LogP contribution < -0.4 is 0 Å². The normalized spacial score (nSPS) is 16.0. The molecule has 0 fully saturated rings. The van der Waals surface area contributed by atoms with Crippen molar-refractivity contribution in [3.8, 4) is 11.5 Å². The number of aromatic hydroxyl groups is 2. The first-order chi connectivity index (χ1) is 12.8. The summed E-state index contributed by atoms with van der Waals surface area (Å²) in [5.74, 6) is 0.696. The molecule has 2 N–H and O–H groups in total. The number of para-hydroxylation sites is 2. The predicted octanol–water partition coefficient (Wildman–Crippen LogP) is 4.29. The summed E-state index contributed by atoms with van der Waals surface area (Å²) < 4.78 is 0. The number of nitrogens with zero attached hydrogens (tertiary/aromatic N) is 2. The first-order valence-corrected chi connectivity index (χ1v) is 9.37. The van der Waals surface area contributed by atoms with Gasteiger partial charge in [-0.25, -0.2) is 0 Å². The van der Waals surface area contributed by atoms with E-state index >= 15 is 0 Å². The highest BCUT2D eigenvalue weighted by Gasteiger charge is 2.07. The van der Waals surface area contributed by atoms with Crippen molar-refractivity contribution in [3.05, 3.63) is 58.7 Å². The van der Waals surface area contributed by atoms with E-state index in [1.807, 2.05) is 36.4 Å². The molecule has 2 aromatic carbocycles. The molecule has 0 aliphatic carbocycles. The van der Waals surface area contributed by atoms with Crippen molar-refractivity contribution < 1.29 is 10.2 Å². The number of fused-ring (bicyclic) bond motifs is 4. The average Bonchev–Trinajstić information content (AvgIpc) is 2.64. The molecule has 1 aliphatic rings. The Morgan fingerprint density at radius 3 is 1.54 bits per heavy atom. The minimum absolute atomic E-state index is 0.348. The summed E-state index contributed by atoms with van der Waals surface area (Å²) in [6.07, 6.45) is 9.50. The lowest BCUT2D eigenvalue weighted by molar-refractivity contribution is 0.463. The molecule has 0 spiro atoms. The van der Waals surface area contributed by atoms with E-state index in [2.05, 4.69) is 9.98 Å². The van der Waals surface area contributed by atoms with E-state index in [4.69, 9.17) is 0 Å². The summed E-state index contributed by atoms with van der Waals surface area (Å²) in [5.41, 5.74) is 3.49. The van der Waals surface area contributed by atoms with Gasteiger partial charge >= 0.3 is 0 Å². The molecule has 0 saturated carbocycles. The first kappa shape index (κ1) is 18.2. The Kier molecular flexibility index (Phi) is 6.42. The molecule has 0 unspecified atom stereocenters. The van der Waals surface area contributed by atoms with Gasteiger partial charge in [0.05, 0.1) is 13.1 Å². The lowest BCUT2D eigenvalue weighted by Gasteiger charge is -2.09. The van der Waals surface area contributed by atoms with Gasteiger partial charge in [0.2, 0.25) is 0 Å². The summed E-state index contributed by atoms with van der Waals surface area (Å²) >= 11 is 0. The van der Waals surface area contributed by atoms with Crippen LogP contribution >= 0.6 is 0 Å². The van der Waals surface area contributed by atoms with Crippen LogP contribution in [-0.2, 0) is 12.8 Å². The van der Waals surface area contributed by atoms with Gasteiger partial charge in [-0.1, -0.05) is 37.1 Å². The van der Waals surface area contributed by atoms with Crippen molar-refractivity contribution in [2.24, 2.45) is 9.98 Å². The molecule has 4 bridgehead atoms. The van der Waals surface area contributed by atoms with Crippen molar-refractivity contribution >= 4 is 12.4 Å². The standard InChI is InChI=1S/C22H26N2O2/c25-21-17-7-3-1-2-4-8-18-10-6-12-20(22(18)26)16-24-14-13-23-15-19(21)11-5-9-17/h5-6,9-12,15-16,25-26H,1-4,7-8,13-14H2. The summed E-state index contributed by atoms with van der Waals surface area (Å²) in [7, 11) is 0. The van der Waals surface area contributed by atoms with Crippen molar-refractivity contribution in [2.45, 2.75) is 38.5 Å². The summed E-state index contributed by atoms with van der Waals surface area (Å²) in [5, 5.41) is 20.8. The second-order valence-corrected chi connectivity index (χ2v) is 6.69. The van der Waals surface area contributed by atoms with Gasteiger partial charge in [0.1, 0.15) is 11.5 Å². The minimum atomic E-state index is 0.348. The Morgan fingerprint density at radius 2 is 1.08 bits per heavy atom. The molecule has 1 heterocycles. The first-order valence-electron chi connectivity index (χ1n) is 9.37. The fourth-order valence-corrected chi connectivity index (χ4v) is 3.26. The SMILES string of the molecule is Oc1c2cccc1CCCCCCc1cccc(c1O)C=NCCN=C2. The zero-order valence-electron chi connectivity index (χ0n) is 15.1. The maximum Gasteiger partial charge on any atom is 0.127 e. The molecule has 2 aromatic rings. The van der Waals surface area contributed by atoms with E-state index in [9.17, 15) is 10.2 Å². The van der Waals surface area contributed by atoms with Crippen LogP contribution in [0.4, 0.5) is 0 Å². The molecular weight excluding hydrogens is 324 g/mol. The van der Waals surface area contributed by atoms with E-state index in [1.54, 1.807) is 12.4 Å². The Bertz CT molecular complexity index is 729. The lowest BCUT2D eigenvalue weighted by atomic mass is 10.00. The molecule has 26 heavy (non-hydrogen) atoms. The van der Waals surface area contributed by atoms with E-state index in [0.717, 1.165) is 60.8 Å². The Morgan fingerprint density at radius 1 is 0.615 bits per heavy atom. The van der Waals surface area contributed by atoms with Crippen LogP contribution in [0.2, 0.25) is 0 Å². The van der Waals surface area contributed by atoms with Gasteiger partial charge in [-0.05, 0) is 48.9 Å². The van der Waals surface area contributed by atoms with E-state index in [1.165, 1.54) is 0 Å². The number of aryl methyl sites for hydroxylation is 2. The van der Waals surface area contributed by atoms with Crippen LogP contribution in [0.25, 0.3) is 0 Å². The molecule has 136 valence electrons. The molecule has 0 radical (unpaired) electrons. The topological polar surface area (TPSA) is 65.2 Å². The molecule has 0 atom stereocenters. The summed E-state index contributed by atoms with van der Waals surface area (Å²) in [6, 6.07) is 11.7. The second kappa shape index (κ2) is 9.18. The largest absolute Gasteiger partial charge is 0.507 e. The smallest absolute Gasteiger partial charge is 0.127 e. The van der Waals surface area contributed by atoms with Crippen LogP contribution in [0.3, 0.4) is 0 Å². The van der Waals surface area contributed by atoms with E-state index in [0.29, 0.717) is 24.6 Å². The second-order valence-electron chi connectivity index (χ2n) is 6.69. The molecule has 1 aliphatic heterocycles. The zero-order chi connectivity index (χ0) is 18.2. The number of benzene rings is 2. The van der Waals surface area contributed by atoms with Crippen LogP contribution in [0.1, 0.15) is 47.9 Å². The molecule has 0 amide bonds. The van der Waals surface area contributed by atoms with Gasteiger partial charge in [0, 0.05) is 23.6 Å². The third kappa shape index (κ3) is 4.72. The van der Waals surface area contributed by atoms with Gasteiger partial charge in [-0.15, -0.1) is 0 Å². The average molecular weight is 350 g/mol. The van der Waals surface area contributed by atoms with Crippen LogP contribution in [0, 0.1) is 0 Å². The van der Waals surface area contributed by atoms with Crippen molar-refractivity contribution in [2.75, 3.05) is 13.1 Å². The number of hydrogen-bond donors (Lipinski definition) is 2. The minimum Gasteiger partial charge on any atom is -0.507 e. The zero-order valence-corrected chi connectivity index (χ0v) is 15.1. The predicted molar refractivity (Wildman–Crippen MR) is 107 cm³/mol. The molecule has 4 heteroatoms. The van der Waals surface area contributed by atoms with Gasteiger partial charge in [-0.3, -0.25) is 9.98 Å². The highest BCUT2D eigenvalue weighted by Crippen LogP contribution is 2.25. The fraction of sp³-hybridized carbons (Fsp3) is 0.364. The third-order valence-corrected chi connectivity index (χ3v) is 4.76. The maximum atomic E-state index is 10.4. The summed E-state index contributed by atoms with van der Waals surface area (Å²) in [6.45, 7) is 1.08. The third-order valence-electron chi connectivity index (χ3n) is 4.76. The van der Waals surface area contributed by atoms with Crippen LogP contribution in [-0.4, -0.2) is 35.7 Å². The number of hydrogen-bond acceptors (Lipinski definition) is 4. The van der Waals surface area contributed by atoms with Crippen molar-refractivity contribution in [3.63, 3.8) is 0 Å². The number of rotatable bonds is 0. The molecule has 3 rings (SSSR count). The fourth-order valence-electron chi connectivity index (χ4n) is 3.26. The van der Waals surface area contributed by atoms with Crippen molar-refractivity contribution in [1.29, 1.82) is 0 Å².